The topological polar surface area (TPSA) is 36.4 Å². The predicted octanol–water partition coefficient (Wildman–Crippen LogP) is 3.17. The summed E-state index contributed by atoms with van der Waals surface area (Å²) in [4.78, 5) is 4.26. The number of guanidine groups is 1. The van der Waals surface area contributed by atoms with Gasteiger partial charge in [-0.15, -0.1) is 0 Å². The number of hydrogen-bond donors (Lipinski definition) is 2. The number of aryl methyl sites for hydroxylation is 2. The number of benzene rings is 2. The lowest BCUT2D eigenvalue weighted by Gasteiger charge is -2.13. The summed E-state index contributed by atoms with van der Waals surface area (Å²) in [5, 5.41) is 6.68. The molecule has 0 aliphatic rings. The molecular formula is C18H23N3. The van der Waals surface area contributed by atoms with Crippen molar-refractivity contribution in [2.75, 3.05) is 7.05 Å². The van der Waals surface area contributed by atoms with Crippen LogP contribution in [0.2, 0.25) is 0 Å². The van der Waals surface area contributed by atoms with Crippen molar-refractivity contribution in [2.45, 2.75) is 26.9 Å². The molecule has 0 unspecified atom stereocenters. The molecule has 0 spiro atoms. The number of hydrogen-bond acceptors (Lipinski definition) is 1. The van der Waals surface area contributed by atoms with Gasteiger partial charge in [-0.3, -0.25) is 4.99 Å². The number of nitrogens with one attached hydrogen (secondary N) is 2. The Balaban J connectivity index is 1.86. The fourth-order valence-electron chi connectivity index (χ4n) is 2.10. The van der Waals surface area contributed by atoms with Gasteiger partial charge in [0.25, 0.3) is 0 Å². The van der Waals surface area contributed by atoms with E-state index in [2.05, 4.69) is 78.0 Å². The normalized spacial score (nSPS) is 11.3. The molecule has 0 aliphatic carbocycles. The molecule has 0 radical (unpaired) electrons. The van der Waals surface area contributed by atoms with Crippen molar-refractivity contribution in [1.29, 1.82) is 0 Å². The van der Waals surface area contributed by atoms with Gasteiger partial charge in [0.1, 0.15) is 0 Å². The summed E-state index contributed by atoms with van der Waals surface area (Å²) in [7, 11) is 1.79. The molecule has 0 atom stereocenters. The molecule has 2 N–H and O–H groups in total. The third-order valence-corrected chi connectivity index (χ3v) is 3.51. The van der Waals surface area contributed by atoms with E-state index in [9.17, 15) is 0 Å². The first-order valence-electron chi connectivity index (χ1n) is 7.23. The molecule has 2 aromatic rings. The highest BCUT2D eigenvalue weighted by molar-refractivity contribution is 5.79. The molecule has 3 heteroatoms. The Morgan fingerprint density at radius 1 is 0.905 bits per heavy atom. The molecular weight excluding hydrogens is 258 g/mol. The zero-order chi connectivity index (χ0) is 15.1. The number of rotatable bonds is 4. The highest BCUT2D eigenvalue weighted by atomic mass is 15.2. The minimum absolute atomic E-state index is 0.772. The molecule has 21 heavy (non-hydrogen) atoms. The van der Waals surface area contributed by atoms with Gasteiger partial charge in [0.15, 0.2) is 5.96 Å². The van der Waals surface area contributed by atoms with Gasteiger partial charge < -0.3 is 10.6 Å². The lowest BCUT2D eigenvalue weighted by molar-refractivity contribution is 0.806. The Morgan fingerprint density at radius 3 is 2.24 bits per heavy atom. The Labute approximate surface area is 127 Å². The van der Waals surface area contributed by atoms with Crippen LogP contribution in [0.4, 0.5) is 0 Å². The van der Waals surface area contributed by atoms with Gasteiger partial charge in [-0.2, -0.15) is 0 Å². The van der Waals surface area contributed by atoms with Crippen molar-refractivity contribution in [3.05, 3.63) is 70.8 Å². The maximum atomic E-state index is 4.26. The molecule has 0 aliphatic heterocycles. The average molecular weight is 281 g/mol. The summed E-state index contributed by atoms with van der Waals surface area (Å²) in [6, 6.07) is 16.9. The molecule has 0 aromatic heterocycles. The fourth-order valence-corrected chi connectivity index (χ4v) is 2.10. The zero-order valence-electron chi connectivity index (χ0n) is 13.0. The van der Waals surface area contributed by atoms with Gasteiger partial charge in [0.2, 0.25) is 0 Å². The lowest BCUT2D eigenvalue weighted by atomic mass is 10.1. The van der Waals surface area contributed by atoms with Crippen molar-refractivity contribution >= 4 is 5.96 Å². The van der Waals surface area contributed by atoms with E-state index in [1.54, 1.807) is 7.05 Å². The molecule has 2 rings (SSSR count). The minimum atomic E-state index is 0.772. The van der Waals surface area contributed by atoms with E-state index in [0.717, 1.165) is 19.0 Å². The third-order valence-electron chi connectivity index (χ3n) is 3.51. The summed E-state index contributed by atoms with van der Waals surface area (Å²) in [6.07, 6.45) is 0. The van der Waals surface area contributed by atoms with Gasteiger partial charge in [-0.05, 0) is 30.5 Å². The summed E-state index contributed by atoms with van der Waals surface area (Å²) >= 11 is 0. The highest BCUT2D eigenvalue weighted by Gasteiger charge is 2.00. The van der Waals surface area contributed by atoms with E-state index in [-0.39, 0.29) is 0 Å². The van der Waals surface area contributed by atoms with Gasteiger partial charge in [-0.1, -0.05) is 54.1 Å². The van der Waals surface area contributed by atoms with Crippen LogP contribution in [0.25, 0.3) is 0 Å². The first-order chi connectivity index (χ1) is 10.2. The highest BCUT2D eigenvalue weighted by Crippen LogP contribution is 2.06. The monoisotopic (exact) mass is 281 g/mol. The van der Waals surface area contributed by atoms with Crippen LogP contribution >= 0.6 is 0 Å². The van der Waals surface area contributed by atoms with Crippen LogP contribution in [-0.2, 0) is 13.1 Å². The second-order valence-corrected chi connectivity index (χ2v) is 5.19. The van der Waals surface area contributed by atoms with Crippen molar-refractivity contribution in [3.63, 3.8) is 0 Å². The Hall–Kier alpha value is -2.29. The molecule has 0 amide bonds. The van der Waals surface area contributed by atoms with Crippen LogP contribution in [0.5, 0.6) is 0 Å². The van der Waals surface area contributed by atoms with Crippen LogP contribution in [0.1, 0.15) is 22.3 Å². The Morgan fingerprint density at radius 2 is 1.57 bits per heavy atom. The van der Waals surface area contributed by atoms with Gasteiger partial charge in [-0.25, -0.2) is 0 Å². The zero-order valence-corrected chi connectivity index (χ0v) is 13.0. The van der Waals surface area contributed by atoms with Gasteiger partial charge in [0, 0.05) is 20.1 Å². The molecule has 0 saturated carbocycles. The van der Waals surface area contributed by atoms with Crippen LogP contribution in [0, 0.1) is 13.8 Å². The van der Waals surface area contributed by atoms with E-state index in [0.29, 0.717) is 0 Å². The van der Waals surface area contributed by atoms with E-state index in [1.165, 1.54) is 22.3 Å². The van der Waals surface area contributed by atoms with Crippen molar-refractivity contribution in [3.8, 4) is 0 Å². The summed E-state index contributed by atoms with van der Waals surface area (Å²) in [5.74, 6) is 0.818. The Kier molecular flexibility index (Phi) is 5.38. The third kappa shape index (κ3) is 4.63. The van der Waals surface area contributed by atoms with Crippen LogP contribution < -0.4 is 10.6 Å². The maximum Gasteiger partial charge on any atom is 0.191 e. The maximum absolute atomic E-state index is 4.26. The molecule has 2 aromatic carbocycles. The minimum Gasteiger partial charge on any atom is -0.352 e. The van der Waals surface area contributed by atoms with Crippen LogP contribution in [0.15, 0.2) is 53.5 Å². The smallest absolute Gasteiger partial charge is 0.191 e. The first-order valence-corrected chi connectivity index (χ1v) is 7.23. The van der Waals surface area contributed by atoms with E-state index >= 15 is 0 Å². The Bertz CT molecular complexity index is 600. The molecule has 110 valence electrons. The standard InChI is InChI=1S/C18H23N3/c1-14-8-10-16(11-9-14)12-20-18(19-3)21-13-17-7-5-4-6-15(17)2/h4-11H,12-13H2,1-3H3,(H2,19,20,21). The van der Waals surface area contributed by atoms with Crippen LogP contribution in [-0.4, -0.2) is 13.0 Å². The average Bonchev–Trinajstić information content (AvgIpc) is 2.51. The van der Waals surface area contributed by atoms with Crippen LogP contribution in [0.3, 0.4) is 0 Å². The predicted molar refractivity (Wildman–Crippen MR) is 89.4 cm³/mol. The lowest BCUT2D eigenvalue weighted by Crippen LogP contribution is -2.36. The van der Waals surface area contributed by atoms with E-state index in [1.807, 2.05) is 0 Å². The number of aliphatic imine (C=N–C) groups is 1. The molecule has 0 heterocycles. The first kappa shape index (κ1) is 15.1. The van der Waals surface area contributed by atoms with Crippen molar-refractivity contribution in [2.24, 2.45) is 4.99 Å². The molecule has 0 bridgehead atoms. The SMILES string of the molecule is CN=C(NCc1ccc(C)cc1)NCc1ccccc1C. The quantitative estimate of drug-likeness (QED) is 0.667. The van der Waals surface area contributed by atoms with Crippen molar-refractivity contribution in [1.82, 2.24) is 10.6 Å². The second kappa shape index (κ2) is 7.48. The number of nitrogens with zero attached hydrogens (tertiary/aromatic N) is 1. The summed E-state index contributed by atoms with van der Waals surface area (Å²) in [5.41, 5.74) is 5.11. The van der Waals surface area contributed by atoms with Gasteiger partial charge >= 0.3 is 0 Å². The largest absolute Gasteiger partial charge is 0.352 e. The van der Waals surface area contributed by atoms with Crippen molar-refractivity contribution < 1.29 is 0 Å². The van der Waals surface area contributed by atoms with Gasteiger partial charge in [0.05, 0.1) is 0 Å². The fraction of sp³-hybridized carbons (Fsp3) is 0.278. The molecule has 0 saturated heterocycles. The van der Waals surface area contributed by atoms with E-state index in [4.69, 9.17) is 0 Å². The molecule has 0 fully saturated rings. The van der Waals surface area contributed by atoms with E-state index < -0.39 is 0 Å². The summed E-state index contributed by atoms with van der Waals surface area (Å²) in [6.45, 7) is 5.77. The molecule has 3 nitrogen and oxygen atoms in total. The second-order valence-electron chi connectivity index (χ2n) is 5.19. The summed E-state index contributed by atoms with van der Waals surface area (Å²) < 4.78 is 0.